The van der Waals surface area contributed by atoms with Gasteiger partial charge in [0, 0.05) is 49.6 Å². The molecule has 1 saturated heterocycles. The van der Waals surface area contributed by atoms with Crippen LogP contribution in [-0.4, -0.2) is 38.3 Å². The van der Waals surface area contributed by atoms with Gasteiger partial charge in [0.05, 0.1) is 0 Å². The Morgan fingerprint density at radius 3 is 2.35 bits per heavy atom. The maximum Gasteiger partial charge on any atom is 0.0368 e. The van der Waals surface area contributed by atoms with E-state index in [9.17, 15) is 0 Å². The minimum Gasteiger partial charge on any atom is -0.372 e. The van der Waals surface area contributed by atoms with Crippen LogP contribution in [0.2, 0.25) is 0 Å². The lowest BCUT2D eigenvalue weighted by atomic mass is 9.95. The molecule has 3 heteroatoms. The van der Waals surface area contributed by atoms with Crippen molar-refractivity contribution in [3.8, 4) is 0 Å². The summed E-state index contributed by atoms with van der Waals surface area (Å²) in [5.74, 6) is 0. The van der Waals surface area contributed by atoms with E-state index in [-0.39, 0.29) is 5.54 Å². The minimum absolute atomic E-state index is 0.246. The number of nitrogens with one attached hydrogen (secondary N) is 1. The van der Waals surface area contributed by atoms with Crippen molar-refractivity contribution < 1.29 is 0 Å². The Morgan fingerprint density at radius 2 is 1.80 bits per heavy atom. The number of anilines is 2. The molecule has 112 valence electrons. The van der Waals surface area contributed by atoms with Gasteiger partial charge in [-0.2, -0.15) is 0 Å². The second-order valence-electron chi connectivity index (χ2n) is 5.95. The van der Waals surface area contributed by atoms with Gasteiger partial charge in [-0.15, -0.1) is 0 Å². The topological polar surface area (TPSA) is 18.5 Å². The van der Waals surface area contributed by atoms with Gasteiger partial charge in [-0.05, 0) is 51.5 Å². The Balaban J connectivity index is 2.10. The van der Waals surface area contributed by atoms with Gasteiger partial charge < -0.3 is 15.1 Å². The molecule has 3 nitrogen and oxygen atoms in total. The fourth-order valence-corrected chi connectivity index (χ4v) is 2.97. The zero-order valence-corrected chi connectivity index (χ0v) is 13.4. The molecule has 1 aromatic carbocycles. The van der Waals surface area contributed by atoms with Crippen molar-refractivity contribution in [1.82, 2.24) is 5.32 Å². The van der Waals surface area contributed by atoms with E-state index in [4.69, 9.17) is 0 Å². The molecule has 0 aromatic heterocycles. The van der Waals surface area contributed by atoms with E-state index in [1.165, 1.54) is 17.8 Å². The third kappa shape index (κ3) is 3.26. The van der Waals surface area contributed by atoms with Crippen molar-refractivity contribution >= 4 is 11.4 Å². The lowest BCUT2D eigenvalue weighted by Crippen LogP contribution is -2.58. The first-order chi connectivity index (χ1) is 9.61. The average molecular weight is 275 g/mol. The maximum absolute atomic E-state index is 3.64. The predicted octanol–water partition coefficient (Wildman–Crippen LogP) is 3.11. The second-order valence-corrected chi connectivity index (χ2v) is 5.95. The Morgan fingerprint density at radius 1 is 1.15 bits per heavy atom. The normalized spacial score (nSPS) is 22.9. The molecule has 1 fully saturated rings. The van der Waals surface area contributed by atoms with Crippen molar-refractivity contribution in [3.05, 3.63) is 24.3 Å². The number of rotatable bonds is 5. The van der Waals surface area contributed by atoms with Crippen LogP contribution < -0.4 is 15.1 Å². The summed E-state index contributed by atoms with van der Waals surface area (Å²) in [5.41, 5.74) is 2.92. The van der Waals surface area contributed by atoms with Crippen LogP contribution in [0.4, 0.5) is 11.4 Å². The molecule has 0 aliphatic carbocycles. The van der Waals surface area contributed by atoms with Crippen LogP contribution in [0.25, 0.3) is 0 Å². The number of piperazine rings is 1. The van der Waals surface area contributed by atoms with Crippen LogP contribution in [0.3, 0.4) is 0 Å². The molecular formula is C17H29N3. The third-order valence-electron chi connectivity index (χ3n) is 4.60. The van der Waals surface area contributed by atoms with Gasteiger partial charge in [-0.25, -0.2) is 0 Å². The molecule has 1 unspecified atom stereocenters. The van der Waals surface area contributed by atoms with Crippen molar-refractivity contribution in [2.75, 3.05) is 42.5 Å². The van der Waals surface area contributed by atoms with E-state index in [2.05, 4.69) is 67.1 Å². The molecule has 1 heterocycles. The van der Waals surface area contributed by atoms with Gasteiger partial charge in [0.25, 0.3) is 0 Å². The zero-order chi connectivity index (χ0) is 14.6. The fraction of sp³-hybridized carbons (Fsp3) is 0.647. The molecule has 0 saturated carbocycles. The van der Waals surface area contributed by atoms with Crippen molar-refractivity contribution in [3.63, 3.8) is 0 Å². The highest BCUT2D eigenvalue weighted by Gasteiger charge is 2.28. The van der Waals surface area contributed by atoms with E-state index < -0.39 is 0 Å². The molecule has 1 aromatic rings. The van der Waals surface area contributed by atoms with Crippen LogP contribution in [0.15, 0.2) is 24.3 Å². The highest BCUT2D eigenvalue weighted by molar-refractivity contribution is 5.56. The van der Waals surface area contributed by atoms with Gasteiger partial charge >= 0.3 is 0 Å². The summed E-state index contributed by atoms with van der Waals surface area (Å²) in [4.78, 5) is 4.89. The summed E-state index contributed by atoms with van der Waals surface area (Å²) in [6.45, 7) is 14.4. The van der Waals surface area contributed by atoms with Crippen LogP contribution in [0.5, 0.6) is 0 Å². The number of hydrogen-bond donors (Lipinski definition) is 1. The number of benzene rings is 1. The Kier molecular flexibility index (Phi) is 4.92. The molecule has 2 rings (SSSR count). The van der Waals surface area contributed by atoms with Crippen molar-refractivity contribution in [2.45, 2.75) is 39.7 Å². The lowest BCUT2D eigenvalue weighted by molar-refractivity contribution is 0.314. The number of hydrogen-bond acceptors (Lipinski definition) is 3. The summed E-state index contributed by atoms with van der Waals surface area (Å²) >= 11 is 0. The molecule has 1 aliphatic rings. The van der Waals surface area contributed by atoms with Crippen LogP contribution in [0.1, 0.15) is 34.1 Å². The number of nitrogens with zero attached hydrogens (tertiary/aromatic N) is 2. The molecule has 1 atom stereocenters. The molecule has 20 heavy (non-hydrogen) atoms. The molecule has 0 radical (unpaired) electrons. The first-order valence-electron chi connectivity index (χ1n) is 7.97. The Labute approximate surface area is 124 Å². The lowest BCUT2D eigenvalue weighted by Gasteiger charge is -2.42. The highest BCUT2D eigenvalue weighted by Crippen LogP contribution is 2.24. The van der Waals surface area contributed by atoms with Crippen LogP contribution >= 0.6 is 0 Å². The molecular weight excluding hydrogens is 246 g/mol. The SMILES string of the molecule is CCN(CC)c1ccc(N2CCNC(C)(CC)C2)cc1. The maximum atomic E-state index is 3.64. The van der Waals surface area contributed by atoms with Crippen molar-refractivity contribution in [2.24, 2.45) is 0 Å². The van der Waals surface area contributed by atoms with Crippen LogP contribution in [-0.2, 0) is 0 Å². The first kappa shape index (κ1) is 15.2. The van der Waals surface area contributed by atoms with Gasteiger partial charge in [0.2, 0.25) is 0 Å². The Hall–Kier alpha value is -1.22. The summed E-state index contributed by atoms with van der Waals surface area (Å²) in [6, 6.07) is 9.06. The van der Waals surface area contributed by atoms with Gasteiger partial charge in [-0.1, -0.05) is 6.92 Å². The van der Waals surface area contributed by atoms with Crippen molar-refractivity contribution in [1.29, 1.82) is 0 Å². The Bertz CT molecular complexity index is 411. The van der Waals surface area contributed by atoms with Crippen LogP contribution in [0, 0.1) is 0 Å². The van der Waals surface area contributed by atoms with Gasteiger partial charge in [-0.3, -0.25) is 0 Å². The van der Waals surface area contributed by atoms with E-state index in [0.29, 0.717) is 0 Å². The second kappa shape index (κ2) is 6.49. The van der Waals surface area contributed by atoms with E-state index in [0.717, 1.165) is 32.7 Å². The minimum atomic E-state index is 0.246. The zero-order valence-electron chi connectivity index (χ0n) is 13.4. The van der Waals surface area contributed by atoms with E-state index in [1.54, 1.807) is 0 Å². The molecule has 0 bridgehead atoms. The summed E-state index contributed by atoms with van der Waals surface area (Å²) in [5, 5.41) is 3.64. The summed E-state index contributed by atoms with van der Waals surface area (Å²) in [6.07, 6.45) is 1.17. The van der Waals surface area contributed by atoms with E-state index >= 15 is 0 Å². The average Bonchev–Trinajstić information content (AvgIpc) is 2.49. The van der Waals surface area contributed by atoms with Gasteiger partial charge in [0.1, 0.15) is 0 Å². The molecule has 1 N–H and O–H groups in total. The summed E-state index contributed by atoms with van der Waals surface area (Å²) in [7, 11) is 0. The fourth-order valence-electron chi connectivity index (χ4n) is 2.97. The first-order valence-corrected chi connectivity index (χ1v) is 7.97. The smallest absolute Gasteiger partial charge is 0.0368 e. The van der Waals surface area contributed by atoms with E-state index in [1.807, 2.05) is 0 Å². The molecule has 1 aliphatic heterocycles. The van der Waals surface area contributed by atoms with Gasteiger partial charge in [0.15, 0.2) is 0 Å². The predicted molar refractivity (Wildman–Crippen MR) is 88.9 cm³/mol. The molecule has 0 amide bonds. The quantitative estimate of drug-likeness (QED) is 0.891. The third-order valence-corrected chi connectivity index (χ3v) is 4.60. The highest BCUT2D eigenvalue weighted by atomic mass is 15.2. The largest absolute Gasteiger partial charge is 0.372 e. The summed E-state index contributed by atoms with van der Waals surface area (Å²) < 4.78 is 0. The molecule has 0 spiro atoms. The monoisotopic (exact) mass is 275 g/mol. The standard InChI is InChI=1S/C17H29N3/c1-5-17(4)14-20(13-12-18-17)16-10-8-15(9-11-16)19(6-2)7-3/h8-11,18H,5-7,12-14H2,1-4H3.